The van der Waals surface area contributed by atoms with Gasteiger partial charge in [-0.15, -0.1) is 11.3 Å². The van der Waals surface area contributed by atoms with Crippen molar-refractivity contribution >= 4 is 11.3 Å². The standard InChI is InChI=1S/C17H21NO2S/c1-4-18-14-10-16(17-8-5-11(2)21-17)20-15-7-6-12(19-3)9-13(14)15/h5-9,14,16,18H,4,10H2,1-3H3. The molecule has 1 aliphatic heterocycles. The van der Waals surface area contributed by atoms with Crippen LogP contribution in [0.4, 0.5) is 0 Å². The van der Waals surface area contributed by atoms with Crippen LogP contribution in [0.15, 0.2) is 30.3 Å². The maximum Gasteiger partial charge on any atom is 0.135 e. The number of ether oxygens (including phenoxy) is 2. The molecule has 0 fully saturated rings. The summed E-state index contributed by atoms with van der Waals surface area (Å²) in [5, 5.41) is 3.57. The highest BCUT2D eigenvalue weighted by Crippen LogP contribution is 2.43. The van der Waals surface area contributed by atoms with E-state index in [0.717, 1.165) is 24.5 Å². The Kier molecular flexibility index (Phi) is 4.17. The SMILES string of the molecule is CCNC1CC(c2ccc(C)s2)Oc2ccc(OC)cc21. The maximum absolute atomic E-state index is 6.22. The van der Waals surface area contributed by atoms with Gasteiger partial charge in [-0.25, -0.2) is 0 Å². The Morgan fingerprint density at radius 2 is 2.19 bits per heavy atom. The van der Waals surface area contributed by atoms with Gasteiger partial charge in [-0.3, -0.25) is 0 Å². The molecule has 0 bridgehead atoms. The first kappa shape index (κ1) is 14.4. The number of aryl methyl sites for hydroxylation is 1. The number of nitrogens with one attached hydrogen (secondary N) is 1. The van der Waals surface area contributed by atoms with Gasteiger partial charge in [0.2, 0.25) is 0 Å². The number of benzene rings is 1. The minimum absolute atomic E-state index is 0.133. The second-order valence-electron chi connectivity index (χ2n) is 5.30. The molecule has 0 saturated heterocycles. The van der Waals surface area contributed by atoms with Crippen molar-refractivity contribution in [1.82, 2.24) is 5.32 Å². The number of hydrogen-bond acceptors (Lipinski definition) is 4. The molecule has 3 nitrogen and oxygen atoms in total. The van der Waals surface area contributed by atoms with E-state index in [9.17, 15) is 0 Å². The van der Waals surface area contributed by atoms with E-state index in [-0.39, 0.29) is 6.10 Å². The Bertz CT molecular complexity index is 623. The molecule has 1 aromatic heterocycles. The Morgan fingerprint density at radius 3 is 2.86 bits per heavy atom. The summed E-state index contributed by atoms with van der Waals surface area (Å²) in [5.41, 5.74) is 1.20. The maximum atomic E-state index is 6.22. The third kappa shape index (κ3) is 2.92. The van der Waals surface area contributed by atoms with Crippen LogP contribution in [0.2, 0.25) is 0 Å². The van der Waals surface area contributed by atoms with Crippen LogP contribution in [0.25, 0.3) is 0 Å². The molecule has 3 rings (SSSR count). The molecule has 21 heavy (non-hydrogen) atoms. The van der Waals surface area contributed by atoms with Gasteiger partial charge in [0, 0.05) is 27.8 Å². The second-order valence-corrected chi connectivity index (χ2v) is 6.62. The molecule has 2 unspecified atom stereocenters. The van der Waals surface area contributed by atoms with Crippen molar-refractivity contribution in [3.63, 3.8) is 0 Å². The number of rotatable bonds is 4. The fraction of sp³-hybridized carbons (Fsp3) is 0.412. The Morgan fingerprint density at radius 1 is 1.33 bits per heavy atom. The lowest BCUT2D eigenvalue weighted by Crippen LogP contribution is -2.28. The number of methoxy groups -OCH3 is 1. The summed E-state index contributed by atoms with van der Waals surface area (Å²) in [6, 6.07) is 10.7. The molecule has 0 spiro atoms. The number of hydrogen-bond donors (Lipinski definition) is 1. The van der Waals surface area contributed by atoms with Gasteiger partial charge in [0.05, 0.1) is 7.11 Å². The Hall–Kier alpha value is -1.52. The van der Waals surface area contributed by atoms with Crippen molar-refractivity contribution in [2.45, 2.75) is 32.4 Å². The summed E-state index contributed by atoms with van der Waals surface area (Å²) in [5.74, 6) is 1.84. The molecule has 2 atom stereocenters. The zero-order chi connectivity index (χ0) is 14.8. The van der Waals surface area contributed by atoms with E-state index in [4.69, 9.17) is 9.47 Å². The van der Waals surface area contributed by atoms with E-state index < -0.39 is 0 Å². The summed E-state index contributed by atoms with van der Waals surface area (Å²) < 4.78 is 11.6. The highest BCUT2D eigenvalue weighted by molar-refractivity contribution is 7.12. The second kappa shape index (κ2) is 6.08. The van der Waals surface area contributed by atoms with Crippen molar-refractivity contribution in [1.29, 1.82) is 0 Å². The summed E-state index contributed by atoms with van der Waals surface area (Å²) in [6.07, 6.45) is 1.09. The lowest BCUT2D eigenvalue weighted by atomic mass is 9.95. The first-order valence-corrected chi connectivity index (χ1v) is 8.17. The molecule has 4 heteroatoms. The van der Waals surface area contributed by atoms with Gasteiger partial charge < -0.3 is 14.8 Å². The summed E-state index contributed by atoms with van der Waals surface area (Å²) >= 11 is 1.82. The zero-order valence-electron chi connectivity index (χ0n) is 12.7. The average molecular weight is 303 g/mol. The molecular formula is C17H21NO2S. The van der Waals surface area contributed by atoms with E-state index >= 15 is 0 Å². The Labute approximate surface area is 129 Å². The third-order valence-electron chi connectivity index (χ3n) is 3.84. The highest BCUT2D eigenvalue weighted by atomic mass is 32.1. The van der Waals surface area contributed by atoms with Crippen molar-refractivity contribution < 1.29 is 9.47 Å². The zero-order valence-corrected chi connectivity index (χ0v) is 13.5. The fourth-order valence-electron chi connectivity index (χ4n) is 2.82. The normalized spacial score (nSPS) is 20.7. The first-order valence-electron chi connectivity index (χ1n) is 7.35. The lowest BCUT2D eigenvalue weighted by molar-refractivity contribution is 0.155. The summed E-state index contributed by atoms with van der Waals surface area (Å²) in [6.45, 7) is 5.22. The van der Waals surface area contributed by atoms with Gasteiger partial charge >= 0.3 is 0 Å². The topological polar surface area (TPSA) is 30.5 Å². The molecule has 0 radical (unpaired) electrons. The molecule has 1 aromatic carbocycles. The lowest BCUT2D eigenvalue weighted by Gasteiger charge is -2.32. The molecule has 0 amide bonds. The third-order valence-corrected chi connectivity index (χ3v) is 4.93. The van der Waals surface area contributed by atoms with Crippen LogP contribution in [0, 0.1) is 6.92 Å². The van der Waals surface area contributed by atoms with Gasteiger partial charge in [0.15, 0.2) is 0 Å². The van der Waals surface area contributed by atoms with E-state index in [1.54, 1.807) is 7.11 Å². The quantitative estimate of drug-likeness (QED) is 0.916. The summed E-state index contributed by atoms with van der Waals surface area (Å²) in [7, 11) is 1.70. The molecule has 1 N–H and O–H groups in total. The minimum atomic E-state index is 0.133. The van der Waals surface area contributed by atoms with Crippen LogP contribution in [-0.4, -0.2) is 13.7 Å². The van der Waals surface area contributed by atoms with Crippen molar-refractivity contribution in [2.75, 3.05) is 13.7 Å². The van der Waals surface area contributed by atoms with Gasteiger partial charge in [-0.1, -0.05) is 6.92 Å². The van der Waals surface area contributed by atoms with Crippen molar-refractivity contribution in [2.24, 2.45) is 0 Å². The van der Waals surface area contributed by atoms with Crippen LogP contribution >= 0.6 is 11.3 Å². The molecule has 0 aliphatic carbocycles. The average Bonchev–Trinajstić information content (AvgIpc) is 2.93. The predicted molar refractivity (Wildman–Crippen MR) is 86.5 cm³/mol. The van der Waals surface area contributed by atoms with Crippen LogP contribution in [-0.2, 0) is 0 Å². The van der Waals surface area contributed by atoms with Crippen LogP contribution in [0.1, 0.15) is 40.8 Å². The molecule has 112 valence electrons. The minimum Gasteiger partial charge on any atom is -0.497 e. The molecule has 1 aliphatic rings. The van der Waals surface area contributed by atoms with Crippen molar-refractivity contribution in [3.8, 4) is 11.5 Å². The van der Waals surface area contributed by atoms with E-state index in [2.05, 4.69) is 37.4 Å². The Balaban J connectivity index is 1.93. The molecule has 2 heterocycles. The fourth-order valence-corrected chi connectivity index (χ4v) is 3.74. The number of thiophene rings is 1. The van der Waals surface area contributed by atoms with E-state index in [1.807, 2.05) is 23.5 Å². The monoisotopic (exact) mass is 303 g/mol. The van der Waals surface area contributed by atoms with Crippen LogP contribution in [0.5, 0.6) is 11.5 Å². The van der Waals surface area contributed by atoms with E-state index in [0.29, 0.717) is 6.04 Å². The molecular weight excluding hydrogens is 282 g/mol. The predicted octanol–water partition coefficient (Wildman–Crippen LogP) is 4.24. The van der Waals surface area contributed by atoms with Crippen LogP contribution in [0.3, 0.4) is 0 Å². The highest BCUT2D eigenvalue weighted by Gasteiger charge is 2.30. The van der Waals surface area contributed by atoms with E-state index in [1.165, 1.54) is 15.3 Å². The van der Waals surface area contributed by atoms with Gasteiger partial charge in [-0.05, 0) is 43.8 Å². The molecule has 0 saturated carbocycles. The first-order chi connectivity index (χ1) is 10.2. The summed E-state index contributed by atoms with van der Waals surface area (Å²) in [4.78, 5) is 2.63. The van der Waals surface area contributed by atoms with Gasteiger partial charge in [-0.2, -0.15) is 0 Å². The van der Waals surface area contributed by atoms with Crippen molar-refractivity contribution in [3.05, 3.63) is 45.6 Å². The largest absolute Gasteiger partial charge is 0.497 e. The smallest absolute Gasteiger partial charge is 0.135 e. The van der Waals surface area contributed by atoms with Crippen LogP contribution < -0.4 is 14.8 Å². The van der Waals surface area contributed by atoms with Gasteiger partial charge in [0.25, 0.3) is 0 Å². The molecule has 2 aromatic rings. The van der Waals surface area contributed by atoms with Gasteiger partial charge in [0.1, 0.15) is 17.6 Å². The number of fused-ring (bicyclic) bond motifs is 1.